The second-order valence-corrected chi connectivity index (χ2v) is 7.36. The molecule has 0 rings (SSSR count). The lowest BCUT2D eigenvalue weighted by atomic mass is 10.0. The van der Waals surface area contributed by atoms with E-state index in [1.807, 2.05) is 19.2 Å². The number of carboxylic acids is 2. The van der Waals surface area contributed by atoms with Gasteiger partial charge in [0.1, 0.15) is 12.1 Å². The summed E-state index contributed by atoms with van der Waals surface area (Å²) in [4.78, 5) is 58.2. The summed E-state index contributed by atoms with van der Waals surface area (Å²) < 4.78 is 0. The van der Waals surface area contributed by atoms with Crippen molar-refractivity contribution >= 4 is 29.7 Å². The average molecular weight is 431 g/mol. The highest BCUT2D eigenvalue weighted by atomic mass is 16.4. The minimum absolute atomic E-state index is 0.0512. The van der Waals surface area contributed by atoms with Gasteiger partial charge in [-0.05, 0) is 31.7 Å². The van der Waals surface area contributed by atoms with Gasteiger partial charge in [0, 0.05) is 0 Å². The zero-order chi connectivity index (χ0) is 23.3. The lowest BCUT2D eigenvalue weighted by Gasteiger charge is -2.22. The third-order valence-electron chi connectivity index (χ3n) is 4.08. The summed E-state index contributed by atoms with van der Waals surface area (Å²) in [5, 5.41) is 24.5. The molecule has 0 heterocycles. The minimum atomic E-state index is -1.62. The lowest BCUT2D eigenvalue weighted by Crippen LogP contribution is -2.54. The van der Waals surface area contributed by atoms with Crippen molar-refractivity contribution in [2.45, 2.75) is 64.1 Å². The van der Waals surface area contributed by atoms with Crippen LogP contribution in [0.2, 0.25) is 0 Å². The third kappa shape index (κ3) is 12.0. The van der Waals surface area contributed by atoms with E-state index in [2.05, 4.69) is 10.6 Å². The van der Waals surface area contributed by atoms with Crippen LogP contribution in [0.4, 0.5) is 0 Å². The largest absolute Gasteiger partial charge is 0.481 e. The molecule has 12 nitrogen and oxygen atoms in total. The minimum Gasteiger partial charge on any atom is -0.481 e. The Morgan fingerprint density at radius 3 is 2.07 bits per heavy atom. The van der Waals surface area contributed by atoms with Crippen LogP contribution in [0.25, 0.3) is 0 Å². The van der Waals surface area contributed by atoms with Crippen molar-refractivity contribution in [3.63, 3.8) is 0 Å². The van der Waals surface area contributed by atoms with Crippen LogP contribution in [0, 0.1) is 5.92 Å². The van der Waals surface area contributed by atoms with Gasteiger partial charge < -0.3 is 37.6 Å². The van der Waals surface area contributed by atoms with E-state index in [-0.39, 0.29) is 5.92 Å². The number of carboxylic acid groups (broad SMARTS) is 2. The quantitative estimate of drug-likeness (QED) is 0.144. The molecule has 30 heavy (non-hydrogen) atoms. The van der Waals surface area contributed by atoms with Crippen molar-refractivity contribution in [1.82, 2.24) is 16.0 Å². The summed E-state index contributed by atoms with van der Waals surface area (Å²) in [6, 6.07) is -3.35. The van der Waals surface area contributed by atoms with E-state index >= 15 is 0 Å². The van der Waals surface area contributed by atoms with Gasteiger partial charge in [0.05, 0.1) is 19.0 Å². The first-order valence-electron chi connectivity index (χ1n) is 9.75. The van der Waals surface area contributed by atoms with E-state index in [4.69, 9.17) is 21.7 Å². The molecule has 9 N–H and O–H groups in total. The van der Waals surface area contributed by atoms with E-state index in [0.717, 1.165) is 6.42 Å². The van der Waals surface area contributed by atoms with E-state index < -0.39 is 60.8 Å². The fourth-order valence-electron chi connectivity index (χ4n) is 2.53. The Morgan fingerprint density at radius 1 is 0.933 bits per heavy atom. The summed E-state index contributed by atoms with van der Waals surface area (Å²) in [5.74, 6) is -4.85. The Bertz CT molecular complexity index is 612. The van der Waals surface area contributed by atoms with Crippen LogP contribution in [0.3, 0.4) is 0 Å². The lowest BCUT2D eigenvalue weighted by molar-refractivity contribution is -0.147. The van der Waals surface area contributed by atoms with Crippen molar-refractivity contribution in [3.8, 4) is 0 Å². The topological polar surface area (TPSA) is 214 Å². The van der Waals surface area contributed by atoms with Crippen LogP contribution in [-0.4, -0.2) is 71.1 Å². The van der Waals surface area contributed by atoms with Gasteiger partial charge in [-0.25, -0.2) is 4.79 Å². The zero-order valence-corrected chi connectivity index (χ0v) is 17.3. The normalized spacial score (nSPS) is 13.8. The number of carbonyl (C=O) groups excluding carboxylic acids is 3. The number of nitrogens with one attached hydrogen (secondary N) is 3. The fourth-order valence-corrected chi connectivity index (χ4v) is 2.53. The molecule has 0 saturated carbocycles. The molecule has 0 radical (unpaired) electrons. The molecule has 172 valence electrons. The number of amides is 3. The number of aliphatic carboxylic acids is 2. The molecule has 0 fully saturated rings. The molecule has 0 aromatic heterocycles. The number of rotatable bonds is 15. The highest BCUT2D eigenvalue weighted by molar-refractivity contribution is 5.93. The molecule has 3 amide bonds. The van der Waals surface area contributed by atoms with Crippen LogP contribution in [-0.2, 0) is 24.0 Å². The summed E-state index contributed by atoms with van der Waals surface area (Å²) in [7, 11) is 0. The van der Waals surface area contributed by atoms with E-state index in [1.54, 1.807) is 0 Å². The summed E-state index contributed by atoms with van der Waals surface area (Å²) in [6.45, 7) is 3.62. The molecule has 3 unspecified atom stereocenters. The average Bonchev–Trinajstić information content (AvgIpc) is 2.64. The zero-order valence-electron chi connectivity index (χ0n) is 17.3. The van der Waals surface area contributed by atoms with E-state index in [1.165, 1.54) is 0 Å². The maximum atomic E-state index is 12.4. The number of hydrogen-bond acceptors (Lipinski definition) is 7. The van der Waals surface area contributed by atoms with Gasteiger partial charge in [-0.2, -0.15) is 0 Å². The number of carbonyl (C=O) groups is 5. The Morgan fingerprint density at radius 2 is 1.57 bits per heavy atom. The number of hydrogen-bond donors (Lipinski definition) is 7. The van der Waals surface area contributed by atoms with Crippen LogP contribution in [0.15, 0.2) is 0 Å². The van der Waals surface area contributed by atoms with Crippen molar-refractivity contribution in [2.24, 2.45) is 17.4 Å². The highest BCUT2D eigenvalue weighted by Crippen LogP contribution is 2.06. The monoisotopic (exact) mass is 431 g/mol. The van der Waals surface area contributed by atoms with Gasteiger partial charge in [-0.3, -0.25) is 19.2 Å². The van der Waals surface area contributed by atoms with Gasteiger partial charge in [0.2, 0.25) is 17.7 Å². The molecule has 0 aromatic rings. The fraction of sp³-hybridized carbons (Fsp3) is 0.722. The molecule has 0 bridgehead atoms. The Kier molecular flexibility index (Phi) is 13.0. The summed E-state index contributed by atoms with van der Waals surface area (Å²) >= 11 is 0. The van der Waals surface area contributed by atoms with Crippen molar-refractivity contribution in [1.29, 1.82) is 0 Å². The smallest absolute Gasteiger partial charge is 0.326 e. The SMILES string of the molecule is CC(C)CC(NC(=O)C(N)CCCCN)C(=O)NCC(=O)NC(CC(=O)O)C(=O)O. The Balaban J connectivity index is 4.79. The maximum absolute atomic E-state index is 12.4. The molecular weight excluding hydrogens is 398 g/mol. The first-order chi connectivity index (χ1) is 14.0. The predicted molar refractivity (Wildman–Crippen MR) is 107 cm³/mol. The van der Waals surface area contributed by atoms with Crippen molar-refractivity contribution in [2.75, 3.05) is 13.1 Å². The highest BCUT2D eigenvalue weighted by Gasteiger charge is 2.26. The molecule has 3 atom stereocenters. The van der Waals surface area contributed by atoms with Gasteiger partial charge >= 0.3 is 11.9 Å². The van der Waals surface area contributed by atoms with E-state index in [0.29, 0.717) is 25.8 Å². The molecule has 0 saturated heterocycles. The summed E-state index contributed by atoms with van der Waals surface area (Å²) in [6.07, 6.45) is 1.31. The number of nitrogens with two attached hydrogens (primary N) is 2. The van der Waals surface area contributed by atoms with Crippen molar-refractivity contribution < 1.29 is 34.2 Å². The Labute approximate surface area is 175 Å². The molecule has 0 spiro atoms. The van der Waals surface area contributed by atoms with Gasteiger partial charge in [0.15, 0.2) is 0 Å². The molecule has 0 aliphatic heterocycles. The molecule has 12 heteroatoms. The molecular formula is C18H33N5O7. The predicted octanol–water partition coefficient (Wildman–Crippen LogP) is -1.87. The van der Waals surface area contributed by atoms with Gasteiger partial charge in [-0.1, -0.05) is 20.3 Å². The number of unbranched alkanes of at least 4 members (excludes halogenated alkanes) is 1. The maximum Gasteiger partial charge on any atom is 0.326 e. The molecule has 0 aromatic carbocycles. The van der Waals surface area contributed by atoms with E-state index in [9.17, 15) is 24.0 Å². The van der Waals surface area contributed by atoms with Gasteiger partial charge in [-0.15, -0.1) is 0 Å². The Hall–Kier alpha value is -2.73. The first kappa shape index (κ1) is 27.3. The van der Waals surface area contributed by atoms with Crippen LogP contribution in [0.1, 0.15) is 46.0 Å². The standard InChI is InChI=1S/C18H33N5O7/c1-10(2)7-12(23-16(27)11(20)5-3-4-6-19)17(28)21-9-14(24)22-13(18(29)30)8-15(25)26/h10-13H,3-9,19-20H2,1-2H3,(H,21,28)(H,22,24)(H,23,27)(H,25,26)(H,29,30). The van der Waals surface area contributed by atoms with Crippen molar-refractivity contribution in [3.05, 3.63) is 0 Å². The van der Waals surface area contributed by atoms with Crippen LogP contribution >= 0.6 is 0 Å². The second kappa shape index (κ2) is 14.3. The molecule has 0 aliphatic carbocycles. The first-order valence-corrected chi connectivity index (χ1v) is 9.75. The van der Waals surface area contributed by atoms with Crippen LogP contribution < -0.4 is 27.4 Å². The third-order valence-corrected chi connectivity index (χ3v) is 4.08. The second-order valence-electron chi connectivity index (χ2n) is 7.36. The van der Waals surface area contributed by atoms with Crippen LogP contribution in [0.5, 0.6) is 0 Å². The van der Waals surface area contributed by atoms with Gasteiger partial charge in [0.25, 0.3) is 0 Å². The summed E-state index contributed by atoms with van der Waals surface area (Å²) in [5.41, 5.74) is 11.2. The molecule has 0 aliphatic rings.